The van der Waals surface area contributed by atoms with Crippen molar-refractivity contribution >= 4 is 21.6 Å². The normalized spacial score (nSPS) is 17.6. The minimum Gasteiger partial charge on any atom is -0.467 e. The highest BCUT2D eigenvalue weighted by Crippen LogP contribution is 2.27. The number of benzene rings is 1. The van der Waals surface area contributed by atoms with E-state index in [1.807, 2.05) is 6.07 Å². The van der Waals surface area contributed by atoms with Crippen molar-refractivity contribution in [1.82, 2.24) is 9.62 Å². The maximum Gasteiger partial charge on any atom is 0.253 e. The third-order valence-electron chi connectivity index (χ3n) is 5.75. The molecule has 3 heterocycles. The van der Waals surface area contributed by atoms with E-state index in [9.17, 15) is 13.2 Å². The molecule has 10 nitrogen and oxygen atoms in total. The summed E-state index contributed by atoms with van der Waals surface area (Å²) in [5, 5.41) is 2.90. The second-order valence-electron chi connectivity index (χ2n) is 8.04. The number of carbonyl (C=O) groups excluding carboxylic acids is 1. The quantitative estimate of drug-likeness (QED) is 0.496. The van der Waals surface area contributed by atoms with E-state index in [1.165, 1.54) is 10.4 Å². The number of sulfonamides is 1. The molecule has 1 aromatic heterocycles. The molecule has 4 rings (SSSR count). The van der Waals surface area contributed by atoms with Gasteiger partial charge in [-0.05, 0) is 36.8 Å². The SMILES string of the molecule is O=C(NCCCOCc1ccco1)c1cc(S(=O)(=O)N2CCOCC2)ccc1N1CCOCC1. The molecule has 0 bridgehead atoms. The van der Waals surface area contributed by atoms with Gasteiger partial charge in [-0.2, -0.15) is 4.31 Å². The van der Waals surface area contributed by atoms with Crippen LogP contribution in [0.4, 0.5) is 5.69 Å². The molecule has 2 aliphatic rings. The highest BCUT2D eigenvalue weighted by Gasteiger charge is 2.28. The molecule has 1 N–H and O–H groups in total. The van der Waals surface area contributed by atoms with Crippen LogP contribution in [0.5, 0.6) is 0 Å². The summed E-state index contributed by atoms with van der Waals surface area (Å²) in [6, 6.07) is 8.43. The van der Waals surface area contributed by atoms with Crippen molar-refractivity contribution in [2.75, 3.05) is 70.7 Å². The fraction of sp³-hybridized carbons (Fsp3) is 0.522. The largest absolute Gasteiger partial charge is 0.467 e. The first kappa shape index (κ1) is 24.7. The number of hydrogen-bond donors (Lipinski definition) is 1. The van der Waals surface area contributed by atoms with E-state index in [4.69, 9.17) is 18.6 Å². The Kier molecular flexibility index (Phi) is 8.57. The molecule has 0 spiro atoms. The van der Waals surface area contributed by atoms with Crippen LogP contribution in [-0.2, 0) is 30.8 Å². The topological polar surface area (TPSA) is 111 Å². The Morgan fingerprint density at radius 3 is 2.47 bits per heavy atom. The lowest BCUT2D eigenvalue weighted by Gasteiger charge is -2.31. The summed E-state index contributed by atoms with van der Waals surface area (Å²) >= 11 is 0. The van der Waals surface area contributed by atoms with Crippen molar-refractivity contribution < 1.29 is 31.8 Å². The number of furan rings is 1. The molecule has 2 aliphatic heterocycles. The van der Waals surface area contributed by atoms with Gasteiger partial charge in [0.1, 0.15) is 12.4 Å². The number of morpholine rings is 2. The molecule has 1 aromatic carbocycles. The Hall–Kier alpha value is -2.44. The van der Waals surface area contributed by atoms with Crippen LogP contribution in [0.25, 0.3) is 0 Å². The molecule has 1 amide bonds. The smallest absolute Gasteiger partial charge is 0.253 e. The molecule has 0 saturated carbocycles. The van der Waals surface area contributed by atoms with E-state index in [2.05, 4.69) is 10.2 Å². The molecular formula is C23H31N3O7S. The number of amides is 1. The molecule has 186 valence electrons. The summed E-state index contributed by atoms with van der Waals surface area (Å²) in [5.74, 6) is 0.434. The molecule has 0 unspecified atom stereocenters. The first-order chi connectivity index (χ1) is 16.6. The lowest BCUT2D eigenvalue weighted by molar-refractivity contribution is 0.0730. The molecule has 0 atom stereocenters. The van der Waals surface area contributed by atoms with Crippen LogP contribution in [0, 0.1) is 0 Å². The lowest BCUT2D eigenvalue weighted by Crippen LogP contribution is -2.41. The van der Waals surface area contributed by atoms with Gasteiger partial charge in [-0.15, -0.1) is 0 Å². The predicted octanol–water partition coefficient (Wildman–Crippen LogP) is 1.47. The van der Waals surface area contributed by atoms with Crippen LogP contribution < -0.4 is 10.2 Å². The summed E-state index contributed by atoms with van der Waals surface area (Å²) in [7, 11) is -3.72. The Labute approximate surface area is 199 Å². The summed E-state index contributed by atoms with van der Waals surface area (Å²) in [6.07, 6.45) is 2.21. The number of rotatable bonds is 10. The first-order valence-electron chi connectivity index (χ1n) is 11.5. The van der Waals surface area contributed by atoms with Crippen molar-refractivity contribution in [3.63, 3.8) is 0 Å². The lowest BCUT2D eigenvalue weighted by atomic mass is 10.1. The highest BCUT2D eigenvalue weighted by atomic mass is 32.2. The van der Waals surface area contributed by atoms with Gasteiger partial charge in [-0.1, -0.05) is 0 Å². The van der Waals surface area contributed by atoms with E-state index >= 15 is 0 Å². The van der Waals surface area contributed by atoms with Gasteiger partial charge < -0.3 is 28.8 Å². The van der Waals surface area contributed by atoms with Crippen LogP contribution in [0.2, 0.25) is 0 Å². The van der Waals surface area contributed by atoms with Gasteiger partial charge in [0.25, 0.3) is 5.91 Å². The van der Waals surface area contributed by atoms with Crippen LogP contribution in [-0.4, -0.2) is 84.4 Å². The van der Waals surface area contributed by atoms with Gasteiger partial charge in [0.05, 0.1) is 43.1 Å². The van der Waals surface area contributed by atoms with Gasteiger partial charge in [0.2, 0.25) is 10.0 Å². The van der Waals surface area contributed by atoms with Gasteiger partial charge in [0, 0.05) is 45.0 Å². The van der Waals surface area contributed by atoms with E-state index in [0.29, 0.717) is 90.0 Å². The first-order valence-corrected chi connectivity index (χ1v) is 12.9. The van der Waals surface area contributed by atoms with Crippen LogP contribution in [0.15, 0.2) is 45.9 Å². The van der Waals surface area contributed by atoms with Crippen molar-refractivity contribution in [2.24, 2.45) is 0 Å². The number of hydrogen-bond acceptors (Lipinski definition) is 8. The summed E-state index contributed by atoms with van der Waals surface area (Å²) < 4.78 is 49.2. The molecule has 11 heteroatoms. The standard InChI is InChI=1S/C23H31N3O7S/c27-23(24-6-2-11-32-18-19-3-1-12-33-19)21-17-20(34(28,29)26-9-15-31-16-10-26)4-5-22(21)25-7-13-30-14-8-25/h1,3-5,12,17H,2,6-11,13-16,18H2,(H,24,27). The molecule has 2 fully saturated rings. The third kappa shape index (κ3) is 6.16. The molecule has 34 heavy (non-hydrogen) atoms. The van der Waals surface area contributed by atoms with Gasteiger partial charge >= 0.3 is 0 Å². The average molecular weight is 494 g/mol. The number of nitrogens with zero attached hydrogens (tertiary/aromatic N) is 2. The molecular weight excluding hydrogens is 462 g/mol. The third-order valence-corrected chi connectivity index (χ3v) is 7.64. The molecule has 0 radical (unpaired) electrons. The minimum atomic E-state index is -3.72. The van der Waals surface area contributed by atoms with Crippen LogP contribution >= 0.6 is 0 Å². The molecule has 2 saturated heterocycles. The zero-order chi connectivity index (χ0) is 23.8. The Morgan fingerprint density at radius 1 is 1.03 bits per heavy atom. The zero-order valence-corrected chi connectivity index (χ0v) is 19.9. The predicted molar refractivity (Wildman–Crippen MR) is 124 cm³/mol. The van der Waals surface area contributed by atoms with E-state index in [1.54, 1.807) is 24.5 Å². The van der Waals surface area contributed by atoms with Crippen LogP contribution in [0.1, 0.15) is 22.5 Å². The van der Waals surface area contributed by atoms with Crippen molar-refractivity contribution in [3.8, 4) is 0 Å². The summed E-state index contributed by atoms with van der Waals surface area (Å²) in [4.78, 5) is 15.3. The second kappa shape index (κ2) is 11.8. The zero-order valence-electron chi connectivity index (χ0n) is 19.1. The molecule has 2 aromatic rings. The average Bonchev–Trinajstić information content (AvgIpc) is 3.40. The second-order valence-corrected chi connectivity index (χ2v) is 9.97. The fourth-order valence-electron chi connectivity index (χ4n) is 3.91. The Morgan fingerprint density at radius 2 is 1.76 bits per heavy atom. The summed E-state index contributed by atoms with van der Waals surface area (Å²) in [5.41, 5.74) is 1.04. The van der Waals surface area contributed by atoms with Crippen molar-refractivity contribution in [3.05, 3.63) is 47.9 Å². The van der Waals surface area contributed by atoms with Gasteiger partial charge in [0.15, 0.2) is 0 Å². The van der Waals surface area contributed by atoms with E-state index < -0.39 is 10.0 Å². The maximum absolute atomic E-state index is 13.2. The number of carbonyl (C=O) groups is 1. The van der Waals surface area contributed by atoms with Crippen molar-refractivity contribution in [1.29, 1.82) is 0 Å². The van der Waals surface area contributed by atoms with E-state index in [0.717, 1.165) is 5.76 Å². The Bertz CT molecular complexity index is 1030. The fourth-order valence-corrected chi connectivity index (χ4v) is 5.35. The van der Waals surface area contributed by atoms with Gasteiger partial charge in [-0.3, -0.25) is 4.79 Å². The highest BCUT2D eigenvalue weighted by molar-refractivity contribution is 7.89. The Balaban J connectivity index is 1.43. The molecule has 0 aliphatic carbocycles. The van der Waals surface area contributed by atoms with Gasteiger partial charge in [-0.25, -0.2) is 8.42 Å². The summed E-state index contributed by atoms with van der Waals surface area (Å²) in [6.45, 7) is 4.95. The van der Waals surface area contributed by atoms with E-state index in [-0.39, 0.29) is 10.8 Å². The number of anilines is 1. The van der Waals surface area contributed by atoms with Crippen molar-refractivity contribution in [2.45, 2.75) is 17.9 Å². The maximum atomic E-state index is 13.2. The monoisotopic (exact) mass is 493 g/mol. The van der Waals surface area contributed by atoms with Crippen LogP contribution in [0.3, 0.4) is 0 Å². The minimum absolute atomic E-state index is 0.110. The number of ether oxygens (including phenoxy) is 3. The number of nitrogens with one attached hydrogen (secondary N) is 1.